The van der Waals surface area contributed by atoms with Crippen molar-refractivity contribution in [3.8, 4) is 22.8 Å². The van der Waals surface area contributed by atoms with Gasteiger partial charge in [-0.15, -0.1) is 0 Å². The summed E-state index contributed by atoms with van der Waals surface area (Å²) in [6.07, 6.45) is 1.55. The predicted molar refractivity (Wildman–Crippen MR) is 124 cm³/mol. The Morgan fingerprint density at radius 2 is 1.58 bits per heavy atom. The molecule has 0 bridgehead atoms. The van der Waals surface area contributed by atoms with E-state index in [0.717, 1.165) is 29.7 Å². The summed E-state index contributed by atoms with van der Waals surface area (Å²) >= 11 is 6.09. The molecule has 0 radical (unpaired) electrons. The smallest absolute Gasteiger partial charge is 0.235 e. The Balaban J connectivity index is 1.52. The molecule has 0 spiro atoms. The fourth-order valence-electron chi connectivity index (χ4n) is 3.26. The van der Waals surface area contributed by atoms with Crippen LogP contribution < -0.4 is 14.9 Å². The van der Waals surface area contributed by atoms with E-state index >= 15 is 0 Å². The number of benzene rings is 3. The summed E-state index contributed by atoms with van der Waals surface area (Å²) < 4.78 is 17.7. The summed E-state index contributed by atoms with van der Waals surface area (Å²) in [5.74, 6) is 1.49. The SMILES string of the molecule is Cc1ccc(-c2oc3ccc(Cl)cc3c(=O)c2OCCCCOc2ccccc2)cc1. The second kappa shape index (κ2) is 9.71. The standard InChI is InChI=1S/C26H23ClO4/c1-18-9-11-19(12-10-18)25-26(24(28)22-17-20(27)13-14-23(22)31-25)30-16-6-5-15-29-21-7-3-2-4-8-21/h2-4,7-14,17H,5-6,15-16H2,1H3. The van der Waals surface area contributed by atoms with E-state index in [9.17, 15) is 4.79 Å². The molecule has 0 saturated heterocycles. The van der Waals surface area contributed by atoms with E-state index in [4.69, 9.17) is 25.5 Å². The van der Waals surface area contributed by atoms with Gasteiger partial charge in [0.25, 0.3) is 0 Å². The van der Waals surface area contributed by atoms with Crippen molar-refractivity contribution in [1.82, 2.24) is 0 Å². The maximum absolute atomic E-state index is 13.2. The van der Waals surface area contributed by atoms with Crippen LogP contribution in [0.2, 0.25) is 5.02 Å². The maximum Gasteiger partial charge on any atom is 0.235 e. The van der Waals surface area contributed by atoms with Gasteiger partial charge >= 0.3 is 0 Å². The lowest BCUT2D eigenvalue weighted by Crippen LogP contribution is -2.12. The van der Waals surface area contributed by atoms with Crippen LogP contribution in [-0.4, -0.2) is 13.2 Å². The van der Waals surface area contributed by atoms with Gasteiger partial charge in [-0.25, -0.2) is 0 Å². The molecule has 0 saturated carbocycles. The van der Waals surface area contributed by atoms with E-state index in [1.165, 1.54) is 0 Å². The highest BCUT2D eigenvalue weighted by Crippen LogP contribution is 2.32. The third-order valence-corrected chi connectivity index (χ3v) is 5.16. The molecular weight excluding hydrogens is 412 g/mol. The number of aryl methyl sites for hydroxylation is 1. The van der Waals surface area contributed by atoms with E-state index in [1.54, 1.807) is 18.2 Å². The molecule has 0 amide bonds. The molecule has 0 aliphatic heterocycles. The predicted octanol–water partition coefficient (Wildman–Crippen LogP) is 6.66. The minimum absolute atomic E-state index is 0.211. The largest absolute Gasteiger partial charge is 0.494 e. The van der Waals surface area contributed by atoms with Crippen molar-refractivity contribution >= 4 is 22.6 Å². The van der Waals surface area contributed by atoms with Crippen molar-refractivity contribution in [1.29, 1.82) is 0 Å². The molecule has 0 N–H and O–H groups in total. The van der Waals surface area contributed by atoms with Crippen molar-refractivity contribution in [3.05, 3.63) is 93.6 Å². The van der Waals surface area contributed by atoms with Gasteiger partial charge in [-0.3, -0.25) is 4.79 Å². The monoisotopic (exact) mass is 434 g/mol. The van der Waals surface area contributed by atoms with Crippen LogP contribution in [0.1, 0.15) is 18.4 Å². The van der Waals surface area contributed by atoms with Crippen molar-refractivity contribution in [3.63, 3.8) is 0 Å². The van der Waals surface area contributed by atoms with Gasteiger partial charge in [0.15, 0.2) is 5.76 Å². The highest BCUT2D eigenvalue weighted by Gasteiger charge is 2.18. The molecule has 0 fully saturated rings. The second-order valence-corrected chi connectivity index (χ2v) is 7.75. The van der Waals surface area contributed by atoms with Gasteiger partial charge < -0.3 is 13.9 Å². The van der Waals surface area contributed by atoms with Crippen LogP contribution in [0.25, 0.3) is 22.3 Å². The molecule has 1 heterocycles. The average molecular weight is 435 g/mol. The van der Waals surface area contributed by atoms with Crippen LogP contribution in [0.3, 0.4) is 0 Å². The summed E-state index contributed by atoms with van der Waals surface area (Å²) in [5.41, 5.74) is 2.18. The van der Waals surface area contributed by atoms with E-state index in [2.05, 4.69) is 0 Å². The lowest BCUT2D eigenvalue weighted by atomic mass is 10.1. The summed E-state index contributed by atoms with van der Waals surface area (Å²) in [6, 6.07) is 22.5. The van der Waals surface area contributed by atoms with Crippen LogP contribution in [-0.2, 0) is 0 Å². The first-order valence-corrected chi connectivity index (χ1v) is 10.6. The quantitative estimate of drug-likeness (QED) is 0.291. The van der Waals surface area contributed by atoms with Gasteiger partial charge in [0.05, 0.1) is 18.6 Å². The summed E-state index contributed by atoms with van der Waals surface area (Å²) in [4.78, 5) is 13.2. The number of ether oxygens (including phenoxy) is 2. The zero-order valence-electron chi connectivity index (χ0n) is 17.3. The Kier molecular flexibility index (Phi) is 6.58. The molecule has 1 aromatic heterocycles. The van der Waals surface area contributed by atoms with Crippen LogP contribution in [0.15, 0.2) is 82.0 Å². The first kappa shape index (κ1) is 21.0. The summed E-state index contributed by atoms with van der Waals surface area (Å²) in [6.45, 7) is 2.98. The van der Waals surface area contributed by atoms with Crippen LogP contribution in [0, 0.1) is 6.92 Å². The first-order chi connectivity index (χ1) is 15.1. The molecule has 4 nitrogen and oxygen atoms in total. The third kappa shape index (κ3) is 5.09. The average Bonchev–Trinajstić information content (AvgIpc) is 2.79. The number of hydrogen-bond donors (Lipinski definition) is 0. The number of rotatable bonds is 8. The molecule has 4 rings (SSSR count). The van der Waals surface area contributed by atoms with Crippen LogP contribution in [0.5, 0.6) is 11.5 Å². The molecule has 4 aromatic rings. The third-order valence-electron chi connectivity index (χ3n) is 4.92. The second-order valence-electron chi connectivity index (χ2n) is 7.31. The zero-order chi connectivity index (χ0) is 21.6. The van der Waals surface area contributed by atoms with Crippen molar-refractivity contribution < 1.29 is 13.9 Å². The minimum Gasteiger partial charge on any atom is -0.494 e. The number of fused-ring (bicyclic) bond motifs is 1. The van der Waals surface area contributed by atoms with Crippen molar-refractivity contribution in [2.75, 3.05) is 13.2 Å². The highest BCUT2D eigenvalue weighted by molar-refractivity contribution is 6.31. The fourth-order valence-corrected chi connectivity index (χ4v) is 3.43. The fraction of sp³-hybridized carbons (Fsp3) is 0.192. The van der Waals surface area contributed by atoms with Crippen LogP contribution >= 0.6 is 11.6 Å². The Bertz CT molecular complexity index is 1210. The summed E-state index contributed by atoms with van der Waals surface area (Å²) in [7, 11) is 0. The Morgan fingerprint density at radius 1 is 0.871 bits per heavy atom. The molecule has 0 aliphatic carbocycles. The lowest BCUT2D eigenvalue weighted by molar-refractivity contribution is 0.263. The van der Waals surface area contributed by atoms with Crippen molar-refractivity contribution in [2.45, 2.75) is 19.8 Å². The number of halogens is 1. The molecule has 31 heavy (non-hydrogen) atoms. The molecule has 0 unspecified atom stereocenters. The Labute approximate surface area is 186 Å². The molecule has 0 atom stereocenters. The van der Waals surface area contributed by atoms with Crippen molar-refractivity contribution in [2.24, 2.45) is 0 Å². The normalized spacial score (nSPS) is 10.9. The highest BCUT2D eigenvalue weighted by atomic mass is 35.5. The molecule has 0 aliphatic rings. The van der Waals surface area contributed by atoms with Gasteiger partial charge in [-0.2, -0.15) is 0 Å². The molecule has 158 valence electrons. The topological polar surface area (TPSA) is 48.7 Å². The summed E-state index contributed by atoms with van der Waals surface area (Å²) in [5, 5.41) is 0.887. The maximum atomic E-state index is 13.2. The zero-order valence-corrected chi connectivity index (χ0v) is 18.0. The minimum atomic E-state index is -0.222. The van der Waals surface area contributed by atoms with Gasteiger partial charge in [-0.1, -0.05) is 59.6 Å². The number of hydrogen-bond acceptors (Lipinski definition) is 4. The van der Waals surface area contributed by atoms with E-state index in [1.807, 2.05) is 61.5 Å². The van der Waals surface area contributed by atoms with E-state index in [-0.39, 0.29) is 11.2 Å². The molecule has 3 aromatic carbocycles. The number of para-hydroxylation sites is 1. The van der Waals surface area contributed by atoms with Gasteiger partial charge in [0.1, 0.15) is 11.3 Å². The Hall–Kier alpha value is -3.24. The van der Waals surface area contributed by atoms with Gasteiger partial charge in [0.2, 0.25) is 11.2 Å². The molecular formula is C26H23ClO4. The van der Waals surface area contributed by atoms with Gasteiger partial charge in [0, 0.05) is 10.6 Å². The first-order valence-electron chi connectivity index (χ1n) is 10.3. The molecule has 5 heteroatoms. The Morgan fingerprint density at radius 3 is 2.32 bits per heavy atom. The number of unbranched alkanes of at least 4 members (excludes halogenated alkanes) is 1. The van der Waals surface area contributed by atoms with E-state index < -0.39 is 0 Å². The lowest BCUT2D eigenvalue weighted by Gasteiger charge is -2.12. The van der Waals surface area contributed by atoms with Crippen LogP contribution in [0.4, 0.5) is 0 Å². The van der Waals surface area contributed by atoms with E-state index in [0.29, 0.717) is 35.0 Å². The van der Waals surface area contributed by atoms with Gasteiger partial charge in [-0.05, 0) is 50.1 Å².